The molecule has 0 heterocycles. The molecule has 2 aromatic carbocycles. The van der Waals surface area contributed by atoms with Crippen LogP contribution in [0.25, 0.3) is 0 Å². The molecule has 0 amide bonds. The van der Waals surface area contributed by atoms with Crippen molar-refractivity contribution in [3.8, 4) is 0 Å². The second kappa shape index (κ2) is 6.26. The van der Waals surface area contributed by atoms with Crippen molar-refractivity contribution in [1.29, 1.82) is 0 Å². The van der Waals surface area contributed by atoms with Gasteiger partial charge in [0, 0.05) is 15.5 Å². The largest absolute Gasteiger partial charge is 0.326 e. The Labute approximate surface area is 134 Å². The van der Waals surface area contributed by atoms with Crippen LogP contribution in [0.4, 0.5) is 5.69 Å². The third kappa shape index (κ3) is 3.41. The Bertz CT molecular complexity index is 713. The first kappa shape index (κ1) is 15.5. The van der Waals surface area contributed by atoms with E-state index in [-0.39, 0.29) is 4.90 Å². The summed E-state index contributed by atoms with van der Waals surface area (Å²) in [5.41, 5.74) is 6.76. The molecule has 0 aromatic heterocycles. The average molecular weight is 420 g/mol. The predicted molar refractivity (Wildman–Crippen MR) is 87.0 cm³/mol. The Hall–Kier alpha value is -0.890. The van der Waals surface area contributed by atoms with Crippen molar-refractivity contribution in [2.75, 3.05) is 4.72 Å². The fourth-order valence-electron chi connectivity index (χ4n) is 1.63. The molecule has 0 saturated carbocycles. The van der Waals surface area contributed by atoms with E-state index in [1.807, 2.05) is 0 Å². The van der Waals surface area contributed by atoms with Gasteiger partial charge in [-0.25, -0.2) is 8.42 Å². The predicted octanol–water partition coefficient (Wildman–Crippen LogP) is 3.47. The highest BCUT2D eigenvalue weighted by Gasteiger charge is 2.17. The van der Waals surface area contributed by atoms with Crippen molar-refractivity contribution in [1.82, 2.24) is 0 Å². The van der Waals surface area contributed by atoms with Crippen LogP contribution < -0.4 is 10.5 Å². The monoisotopic (exact) mass is 418 g/mol. The van der Waals surface area contributed by atoms with E-state index in [2.05, 4.69) is 36.6 Å². The summed E-state index contributed by atoms with van der Waals surface area (Å²) in [4.78, 5) is 0.183. The maximum absolute atomic E-state index is 12.4. The molecule has 20 heavy (non-hydrogen) atoms. The number of anilines is 1. The Morgan fingerprint density at radius 2 is 1.65 bits per heavy atom. The Balaban J connectivity index is 2.41. The molecule has 0 aliphatic heterocycles. The normalized spacial score (nSPS) is 11.3. The molecule has 0 aliphatic rings. The molecule has 0 bridgehead atoms. The summed E-state index contributed by atoms with van der Waals surface area (Å²) in [6.07, 6.45) is 0. The topological polar surface area (TPSA) is 72.2 Å². The van der Waals surface area contributed by atoms with Gasteiger partial charge in [0.25, 0.3) is 10.0 Å². The summed E-state index contributed by atoms with van der Waals surface area (Å²) in [6, 6.07) is 11.9. The zero-order chi connectivity index (χ0) is 14.8. The zero-order valence-corrected chi connectivity index (χ0v) is 14.3. The van der Waals surface area contributed by atoms with Crippen molar-refractivity contribution in [3.05, 3.63) is 57.0 Å². The van der Waals surface area contributed by atoms with Crippen molar-refractivity contribution in [2.24, 2.45) is 5.73 Å². The molecule has 2 aromatic rings. The number of nitrogens with one attached hydrogen (secondary N) is 1. The third-order valence-electron chi connectivity index (χ3n) is 2.64. The van der Waals surface area contributed by atoms with Gasteiger partial charge in [0.15, 0.2) is 0 Å². The lowest BCUT2D eigenvalue weighted by Crippen LogP contribution is -2.14. The summed E-state index contributed by atoms with van der Waals surface area (Å²) in [5.74, 6) is 0. The van der Waals surface area contributed by atoms with Gasteiger partial charge >= 0.3 is 0 Å². The first-order valence-electron chi connectivity index (χ1n) is 5.70. The molecule has 106 valence electrons. The standard InChI is InChI=1S/C13H12Br2N2O2S/c14-11-5-2-6-12(15)13(11)17-20(18,19)10-4-1-3-9(7-10)8-16/h1-7,17H,8,16H2. The molecule has 0 unspecified atom stereocenters. The molecule has 2 rings (SSSR count). The Morgan fingerprint density at radius 3 is 2.25 bits per heavy atom. The number of nitrogens with two attached hydrogens (primary N) is 1. The van der Waals surface area contributed by atoms with Gasteiger partial charge < -0.3 is 5.73 Å². The van der Waals surface area contributed by atoms with E-state index < -0.39 is 10.0 Å². The second-order valence-corrected chi connectivity index (χ2v) is 7.44. The van der Waals surface area contributed by atoms with Crippen LogP contribution in [-0.4, -0.2) is 8.42 Å². The molecule has 0 radical (unpaired) electrons. The summed E-state index contributed by atoms with van der Waals surface area (Å²) in [5, 5.41) is 0. The van der Waals surface area contributed by atoms with Crippen LogP contribution in [-0.2, 0) is 16.6 Å². The van der Waals surface area contributed by atoms with Crippen molar-refractivity contribution < 1.29 is 8.42 Å². The summed E-state index contributed by atoms with van der Waals surface area (Å²) >= 11 is 6.65. The van der Waals surface area contributed by atoms with Crippen LogP contribution in [0.15, 0.2) is 56.3 Å². The van der Waals surface area contributed by atoms with Crippen molar-refractivity contribution in [2.45, 2.75) is 11.4 Å². The highest BCUT2D eigenvalue weighted by Crippen LogP contribution is 2.32. The maximum Gasteiger partial charge on any atom is 0.261 e. The number of hydrogen-bond donors (Lipinski definition) is 2. The van der Waals surface area contributed by atoms with Gasteiger partial charge in [-0.05, 0) is 61.7 Å². The van der Waals surface area contributed by atoms with Crippen LogP contribution in [0.1, 0.15) is 5.56 Å². The quantitative estimate of drug-likeness (QED) is 0.796. The minimum atomic E-state index is -3.66. The van der Waals surface area contributed by atoms with E-state index in [9.17, 15) is 8.42 Å². The average Bonchev–Trinajstić information content (AvgIpc) is 2.43. The summed E-state index contributed by atoms with van der Waals surface area (Å²) in [7, 11) is -3.66. The lowest BCUT2D eigenvalue weighted by molar-refractivity contribution is 0.601. The van der Waals surface area contributed by atoms with E-state index in [1.54, 1.807) is 36.4 Å². The number of benzene rings is 2. The Morgan fingerprint density at radius 1 is 1.05 bits per heavy atom. The first-order valence-corrected chi connectivity index (χ1v) is 8.77. The van der Waals surface area contributed by atoms with Gasteiger partial charge in [0.1, 0.15) is 0 Å². The number of sulfonamides is 1. The smallest absolute Gasteiger partial charge is 0.261 e. The second-order valence-electron chi connectivity index (χ2n) is 4.05. The van der Waals surface area contributed by atoms with E-state index in [1.165, 1.54) is 6.07 Å². The van der Waals surface area contributed by atoms with Gasteiger partial charge in [-0.2, -0.15) is 0 Å². The lowest BCUT2D eigenvalue weighted by atomic mass is 10.2. The van der Waals surface area contributed by atoms with Gasteiger partial charge in [-0.15, -0.1) is 0 Å². The molecule has 0 atom stereocenters. The molecule has 0 saturated heterocycles. The van der Waals surface area contributed by atoms with Crippen LogP contribution in [0.3, 0.4) is 0 Å². The van der Waals surface area contributed by atoms with Gasteiger partial charge in [0.05, 0.1) is 10.6 Å². The molecule has 4 nitrogen and oxygen atoms in total. The lowest BCUT2D eigenvalue weighted by Gasteiger charge is -2.12. The number of halogens is 2. The zero-order valence-electron chi connectivity index (χ0n) is 10.3. The van der Waals surface area contributed by atoms with E-state index in [0.717, 1.165) is 5.56 Å². The maximum atomic E-state index is 12.4. The van der Waals surface area contributed by atoms with Gasteiger partial charge in [-0.3, -0.25) is 4.72 Å². The molecular weight excluding hydrogens is 408 g/mol. The van der Waals surface area contributed by atoms with Crippen molar-refractivity contribution >= 4 is 47.6 Å². The Kier molecular flexibility index (Phi) is 4.85. The van der Waals surface area contributed by atoms with Crippen LogP contribution in [0, 0.1) is 0 Å². The molecule has 3 N–H and O–H groups in total. The highest BCUT2D eigenvalue weighted by molar-refractivity contribution is 9.11. The van der Waals surface area contributed by atoms with Gasteiger partial charge in [0.2, 0.25) is 0 Å². The van der Waals surface area contributed by atoms with Crippen molar-refractivity contribution in [3.63, 3.8) is 0 Å². The van der Waals surface area contributed by atoms with Crippen LogP contribution in [0.5, 0.6) is 0 Å². The van der Waals surface area contributed by atoms with E-state index >= 15 is 0 Å². The molecule has 0 spiro atoms. The van der Waals surface area contributed by atoms with Crippen LogP contribution >= 0.6 is 31.9 Å². The fourth-order valence-corrected chi connectivity index (χ4v) is 4.26. The van der Waals surface area contributed by atoms with E-state index in [0.29, 0.717) is 21.2 Å². The number of para-hydroxylation sites is 1. The minimum absolute atomic E-state index is 0.183. The minimum Gasteiger partial charge on any atom is -0.326 e. The highest BCUT2D eigenvalue weighted by atomic mass is 79.9. The summed E-state index contributed by atoms with van der Waals surface area (Å²) in [6.45, 7) is 0.294. The van der Waals surface area contributed by atoms with E-state index in [4.69, 9.17) is 5.73 Å². The molecule has 0 aliphatic carbocycles. The molecule has 7 heteroatoms. The van der Waals surface area contributed by atoms with Crippen LogP contribution in [0.2, 0.25) is 0 Å². The van der Waals surface area contributed by atoms with Gasteiger partial charge in [-0.1, -0.05) is 18.2 Å². The fraction of sp³-hybridized carbons (Fsp3) is 0.0769. The number of rotatable bonds is 4. The number of hydrogen-bond acceptors (Lipinski definition) is 3. The molecular formula is C13H12Br2N2O2S. The SMILES string of the molecule is NCc1cccc(S(=O)(=O)Nc2c(Br)cccc2Br)c1. The first-order chi connectivity index (χ1) is 9.44. The molecule has 0 fully saturated rings. The summed E-state index contributed by atoms with van der Waals surface area (Å²) < 4.78 is 28.6. The third-order valence-corrected chi connectivity index (χ3v) is 5.31.